The van der Waals surface area contributed by atoms with Crippen molar-refractivity contribution in [2.45, 2.75) is 0 Å². The number of fused-ring (bicyclic) bond motifs is 1. The van der Waals surface area contributed by atoms with Crippen molar-refractivity contribution in [3.63, 3.8) is 0 Å². The fourth-order valence-corrected chi connectivity index (χ4v) is 2.93. The number of amides is 1. The first-order valence-electron chi connectivity index (χ1n) is 7.33. The lowest BCUT2D eigenvalue weighted by atomic mass is 10.1. The van der Waals surface area contributed by atoms with Crippen LogP contribution < -0.4 is 10.1 Å². The SMILES string of the molecule is COc1ccccc1-c1ccc2nc(NC(=O)CS(C)(=O)=O)nn2c1. The maximum atomic E-state index is 11.7. The quantitative estimate of drug-likeness (QED) is 0.737. The summed E-state index contributed by atoms with van der Waals surface area (Å²) in [4.78, 5) is 15.8. The van der Waals surface area contributed by atoms with Crippen molar-refractivity contribution in [2.24, 2.45) is 0 Å². The van der Waals surface area contributed by atoms with E-state index in [0.717, 1.165) is 23.1 Å². The molecule has 1 N–H and O–H groups in total. The standard InChI is InChI=1S/C16H16N4O4S/c1-24-13-6-4-3-5-12(13)11-7-8-14-17-16(19-20(14)9-11)18-15(21)10-25(2,22)23/h3-9H,10H2,1-2H3,(H,18,19,21). The molecule has 0 aliphatic rings. The molecule has 130 valence electrons. The van der Waals surface area contributed by atoms with Crippen molar-refractivity contribution in [3.05, 3.63) is 42.6 Å². The van der Waals surface area contributed by atoms with Gasteiger partial charge in [0.05, 0.1) is 7.11 Å². The zero-order valence-corrected chi connectivity index (χ0v) is 14.4. The van der Waals surface area contributed by atoms with E-state index in [1.54, 1.807) is 19.4 Å². The van der Waals surface area contributed by atoms with Crippen LogP contribution in [0.5, 0.6) is 5.75 Å². The molecular formula is C16H16N4O4S. The number of rotatable bonds is 5. The Morgan fingerprint density at radius 1 is 1.24 bits per heavy atom. The van der Waals surface area contributed by atoms with Gasteiger partial charge in [-0.3, -0.25) is 10.1 Å². The molecule has 0 unspecified atom stereocenters. The summed E-state index contributed by atoms with van der Waals surface area (Å²) in [5, 5.41) is 6.55. The average Bonchev–Trinajstić information content (AvgIpc) is 2.93. The molecule has 0 saturated heterocycles. The third-order valence-corrected chi connectivity index (χ3v) is 4.18. The second kappa shape index (κ2) is 6.52. The fourth-order valence-electron chi connectivity index (χ4n) is 2.38. The molecule has 8 nitrogen and oxygen atoms in total. The van der Waals surface area contributed by atoms with E-state index in [1.165, 1.54) is 4.52 Å². The highest BCUT2D eigenvalue weighted by Gasteiger charge is 2.14. The van der Waals surface area contributed by atoms with E-state index in [9.17, 15) is 13.2 Å². The van der Waals surface area contributed by atoms with Crippen molar-refractivity contribution >= 4 is 27.3 Å². The first kappa shape index (κ1) is 16.9. The van der Waals surface area contributed by atoms with Gasteiger partial charge in [0.25, 0.3) is 0 Å². The number of hydrogen-bond acceptors (Lipinski definition) is 6. The minimum absolute atomic E-state index is 0.0471. The molecule has 1 aromatic carbocycles. The van der Waals surface area contributed by atoms with Crippen LogP contribution in [0.25, 0.3) is 16.8 Å². The van der Waals surface area contributed by atoms with Gasteiger partial charge in [0, 0.05) is 23.6 Å². The van der Waals surface area contributed by atoms with Crippen LogP contribution in [0, 0.1) is 0 Å². The Balaban J connectivity index is 1.90. The average molecular weight is 360 g/mol. The van der Waals surface area contributed by atoms with Gasteiger partial charge in [-0.1, -0.05) is 18.2 Å². The molecule has 25 heavy (non-hydrogen) atoms. The Hall–Kier alpha value is -2.94. The van der Waals surface area contributed by atoms with Crippen molar-refractivity contribution in [3.8, 4) is 16.9 Å². The molecule has 0 atom stereocenters. The summed E-state index contributed by atoms with van der Waals surface area (Å²) in [5.74, 6) is -0.521. The number of aromatic nitrogens is 3. The Labute approximate surface area is 144 Å². The van der Waals surface area contributed by atoms with Crippen LogP contribution in [0.3, 0.4) is 0 Å². The second-order valence-corrected chi connectivity index (χ2v) is 7.61. The van der Waals surface area contributed by atoms with Gasteiger partial charge < -0.3 is 4.74 Å². The minimum Gasteiger partial charge on any atom is -0.496 e. The molecule has 0 fully saturated rings. The van der Waals surface area contributed by atoms with E-state index in [1.807, 2.05) is 30.3 Å². The highest BCUT2D eigenvalue weighted by atomic mass is 32.2. The molecule has 2 aromatic heterocycles. The number of sulfone groups is 1. The highest BCUT2D eigenvalue weighted by Crippen LogP contribution is 2.29. The molecule has 0 bridgehead atoms. The van der Waals surface area contributed by atoms with Crippen LogP contribution in [0.15, 0.2) is 42.6 Å². The molecular weight excluding hydrogens is 344 g/mol. The summed E-state index contributed by atoms with van der Waals surface area (Å²) >= 11 is 0. The van der Waals surface area contributed by atoms with Gasteiger partial charge in [-0.05, 0) is 18.2 Å². The third-order valence-electron chi connectivity index (χ3n) is 3.39. The summed E-state index contributed by atoms with van der Waals surface area (Å²) in [6, 6.07) is 11.2. The normalized spacial score (nSPS) is 11.4. The zero-order chi connectivity index (χ0) is 18.0. The van der Waals surface area contributed by atoms with Gasteiger partial charge >= 0.3 is 0 Å². The molecule has 3 aromatic rings. The molecule has 0 aliphatic heterocycles. The van der Waals surface area contributed by atoms with E-state index >= 15 is 0 Å². The maximum absolute atomic E-state index is 11.7. The van der Waals surface area contributed by atoms with E-state index in [4.69, 9.17) is 4.74 Å². The minimum atomic E-state index is -3.41. The Bertz CT molecular complexity index is 1040. The number of hydrogen-bond donors (Lipinski definition) is 1. The number of nitrogens with one attached hydrogen (secondary N) is 1. The highest BCUT2D eigenvalue weighted by molar-refractivity contribution is 7.91. The monoisotopic (exact) mass is 360 g/mol. The van der Waals surface area contributed by atoms with E-state index < -0.39 is 21.5 Å². The van der Waals surface area contributed by atoms with Gasteiger partial charge in [-0.25, -0.2) is 12.9 Å². The first-order chi connectivity index (χ1) is 11.9. The van der Waals surface area contributed by atoms with E-state index in [-0.39, 0.29) is 5.95 Å². The molecule has 0 radical (unpaired) electrons. The van der Waals surface area contributed by atoms with Crippen molar-refractivity contribution in [2.75, 3.05) is 24.4 Å². The molecule has 3 rings (SSSR count). The van der Waals surface area contributed by atoms with Crippen LogP contribution in [0.4, 0.5) is 5.95 Å². The van der Waals surface area contributed by atoms with E-state index in [2.05, 4.69) is 15.4 Å². The second-order valence-electron chi connectivity index (χ2n) is 5.47. The van der Waals surface area contributed by atoms with Crippen molar-refractivity contribution in [1.82, 2.24) is 14.6 Å². The molecule has 2 heterocycles. The van der Waals surface area contributed by atoms with Crippen LogP contribution in [0.1, 0.15) is 0 Å². The number of carbonyl (C=O) groups excluding carboxylic acids is 1. The molecule has 0 spiro atoms. The number of methoxy groups -OCH3 is 1. The van der Waals surface area contributed by atoms with Crippen LogP contribution in [-0.2, 0) is 14.6 Å². The number of carbonyl (C=O) groups is 1. The fraction of sp³-hybridized carbons (Fsp3) is 0.188. The lowest BCUT2D eigenvalue weighted by molar-refractivity contribution is -0.113. The topological polar surface area (TPSA) is 103 Å². The van der Waals surface area contributed by atoms with Gasteiger partial charge in [-0.2, -0.15) is 4.98 Å². The predicted octanol–water partition coefficient (Wildman–Crippen LogP) is 1.39. The smallest absolute Gasteiger partial charge is 0.249 e. The van der Waals surface area contributed by atoms with Gasteiger partial charge in [0.1, 0.15) is 11.5 Å². The van der Waals surface area contributed by atoms with E-state index in [0.29, 0.717) is 5.65 Å². The Morgan fingerprint density at radius 2 is 2.00 bits per heavy atom. The number of benzene rings is 1. The molecule has 0 aliphatic carbocycles. The van der Waals surface area contributed by atoms with Gasteiger partial charge in [0.2, 0.25) is 11.9 Å². The number of ether oxygens (including phenoxy) is 1. The summed E-state index contributed by atoms with van der Waals surface area (Å²) in [6.45, 7) is 0. The Morgan fingerprint density at radius 3 is 2.72 bits per heavy atom. The molecule has 9 heteroatoms. The summed E-state index contributed by atoms with van der Waals surface area (Å²) in [6.07, 6.45) is 2.75. The zero-order valence-electron chi connectivity index (χ0n) is 13.6. The summed E-state index contributed by atoms with van der Waals surface area (Å²) in [7, 11) is -1.81. The Kier molecular flexibility index (Phi) is 4.41. The van der Waals surface area contributed by atoms with Crippen molar-refractivity contribution < 1.29 is 17.9 Å². The van der Waals surface area contributed by atoms with Gasteiger partial charge in [0.15, 0.2) is 15.5 Å². The van der Waals surface area contributed by atoms with Crippen LogP contribution in [0.2, 0.25) is 0 Å². The summed E-state index contributed by atoms with van der Waals surface area (Å²) < 4.78 is 29.2. The maximum Gasteiger partial charge on any atom is 0.249 e. The summed E-state index contributed by atoms with van der Waals surface area (Å²) in [5.41, 5.74) is 2.28. The number of anilines is 1. The molecule has 1 amide bonds. The van der Waals surface area contributed by atoms with Crippen molar-refractivity contribution in [1.29, 1.82) is 0 Å². The number of pyridine rings is 1. The van der Waals surface area contributed by atoms with Crippen LogP contribution in [-0.4, -0.2) is 48.0 Å². The number of nitrogens with zero attached hydrogens (tertiary/aromatic N) is 3. The van der Waals surface area contributed by atoms with Crippen LogP contribution >= 0.6 is 0 Å². The lowest BCUT2D eigenvalue weighted by Crippen LogP contribution is -2.22. The first-order valence-corrected chi connectivity index (χ1v) is 9.39. The number of para-hydroxylation sites is 1. The van der Waals surface area contributed by atoms with Gasteiger partial charge in [-0.15, -0.1) is 5.10 Å². The predicted molar refractivity (Wildman–Crippen MR) is 93.3 cm³/mol. The largest absolute Gasteiger partial charge is 0.496 e. The lowest BCUT2D eigenvalue weighted by Gasteiger charge is -2.07. The third kappa shape index (κ3) is 3.94. The molecule has 0 saturated carbocycles.